The van der Waals surface area contributed by atoms with Crippen LogP contribution in [0.1, 0.15) is 36.7 Å². The fraction of sp³-hybridized carbons (Fsp3) is 0.200. The van der Waals surface area contributed by atoms with Gasteiger partial charge >= 0.3 is 0 Å². The topological polar surface area (TPSA) is 82.2 Å². The highest BCUT2D eigenvalue weighted by Gasteiger charge is 2.22. The van der Waals surface area contributed by atoms with Gasteiger partial charge in [-0.3, -0.25) is 9.59 Å². The second-order valence-corrected chi connectivity index (χ2v) is 7.25. The number of phenolic OH excluding ortho intramolecular Hbond substituents is 1. The predicted molar refractivity (Wildman–Crippen MR) is 99.2 cm³/mol. The molecule has 0 aliphatic rings. The standard InChI is InChI=1S/C20H18F2N2O3/c1-20(2,3)11-7-13(22)15(8-16(11)25)24-19(27)10-9-23-14-6-4-5-12(21)17(14)18(10)26/h4-9,25H,1-3H3,(H,23,26)(H,24,27). The van der Waals surface area contributed by atoms with Crippen molar-refractivity contribution in [1.82, 2.24) is 4.98 Å². The number of aromatic amines is 1. The van der Waals surface area contributed by atoms with Crippen LogP contribution in [0, 0.1) is 11.6 Å². The minimum Gasteiger partial charge on any atom is -0.508 e. The number of H-pyrrole nitrogens is 1. The van der Waals surface area contributed by atoms with E-state index in [1.807, 2.05) is 20.8 Å². The maximum atomic E-state index is 14.4. The first-order valence-corrected chi connectivity index (χ1v) is 8.24. The normalized spacial score (nSPS) is 11.6. The zero-order chi connectivity index (χ0) is 19.9. The molecule has 5 nitrogen and oxygen atoms in total. The van der Waals surface area contributed by atoms with Gasteiger partial charge < -0.3 is 15.4 Å². The first kappa shape index (κ1) is 18.6. The second kappa shape index (κ2) is 6.50. The molecule has 1 amide bonds. The molecule has 0 aliphatic carbocycles. The van der Waals surface area contributed by atoms with E-state index in [0.717, 1.165) is 24.4 Å². The molecule has 27 heavy (non-hydrogen) atoms. The highest BCUT2D eigenvalue weighted by molar-refractivity contribution is 6.05. The molecule has 0 spiro atoms. The molecule has 1 aromatic heterocycles. The fourth-order valence-electron chi connectivity index (χ4n) is 2.84. The number of aromatic nitrogens is 1. The SMILES string of the molecule is CC(C)(C)c1cc(F)c(NC(=O)c2c[nH]c3cccc(F)c3c2=O)cc1O. The van der Waals surface area contributed by atoms with Gasteiger partial charge in [0.2, 0.25) is 5.43 Å². The monoisotopic (exact) mass is 372 g/mol. The Labute approximate surface area is 153 Å². The molecule has 0 aliphatic heterocycles. The van der Waals surface area contributed by atoms with Gasteiger partial charge in [0.1, 0.15) is 22.9 Å². The number of aromatic hydroxyl groups is 1. The Bertz CT molecular complexity index is 1110. The summed E-state index contributed by atoms with van der Waals surface area (Å²) in [5.74, 6) is -2.61. The summed E-state index contributed by atoms with van der Waals surface area (Å²) in [6.07, 6.45) is 1.14. The number of amides is 1. The molecule has 3 aromatic rings. The summed E-state index contributed by atoms with van der Waals surface area (Å²) in [7, 11) is 0. The van der Waals surface area contributed by atoms with Crippen molar-refractivity contribution in [2.24, 2.45) is 0 Å². The summed E-state index contributed by atoms with van der Waals surface area (Å²) in [4.78, 5) is 27.6. The van der Waals surface area contributed by atoms with Crippen LogP contribution in [0.2, 0.25) is 0 Å². The predicted octanol–water partition coefficient (Wildman–Crippen LogP) is 4.06. The molecule has 0 saturated carbocycles. The molecule has 3 rings (SSSR count). The van der Waals surface area contributed by atoms with Crippen LogP contribution >= 0.6 is 0 Å². The van der Waals surface area contributed by atoms with Crippen LogP contribution in [0.5, 0.6) is 5.75 Å². The first-order chi connectivity index (χ1) is 12.6. The van der Waals surface area contributed by atoms with Crippen LogP contribution in [-0.4, -0.2) is 16.0 Å². The molecule has 0 fully saturated rings. The number of carbonyl (C=O) groups is 1. The Hall–Kier alpha value is -3.22. The summed E-state index contributed by atoms with van der Waals surface area (Å²) >= 11 is 0. The van der Waals surface area contributed by atoms with Crippen molar-refractivity contribution < 1.29 is 18.7 Å². The minimum atomic E-state index is -0.914. The highest BCUT2D eigenvalue weighted by Crippen LogP contribution is 2.34. The molecule has 140 valence electrons. The maximum Gasteiger partial charge on any atom is 0.261 e. The molecular formula is C20H18F2N2O3. The number of anilines is 1. The number of hydrogen-bond donors (Lipinski definition) is 3. The lowest BCUT2D eigenvalue weighted by atomic mass is 9.86. The number of halogens is 2. The van der Waals surface area contributed by atoms with E-state index >= 15 is 0 Å². The number of benzene rings is 2. The average Bonchev–Trinajstić information content (AvgIpc) is 2.57. The van der Waals surface area contributed by atoms with Crippen LogP contribution in [-0.2, 0) is 5.41 Å². The summed E-state index contributed by atoms with van der Waals surface area (Å²) < 4.78 is 28.3. The molecule has 0 radical (unpaired) electrons. The quantitative estimate of drug-likeness (QED) is 0.634. The number of fused-ring (bicyclic) bond motifs is 1. The smallest absolute Gasteiger partial charge is 0.261 e. The Morgan fingerprint density at radius 1 is 1.15 bits per heavy atom. The van der Waals surface area contributed by atoms with Crippen molar-refractivity contribution >= 4 is 22.5 Å². The van der Waals surface area contributed by atoms with Gasteiger partial charge in [-0.25, -0.2) is 8.78 Å². The third-order valence-corrected chi connectivity index (χ3v) is 4.24. The lowest BCUT2D eigenvalue weighted by molar-refractivity contribution is 0.102. The molecule has 0 saturated heterocycles. The van der Waals surface area contributed by atoms with Gasteiger partial charge in [0.25, 0.3) is 5.91 Å². The van der Waals surface area contributed by atoms with E-state index in [1.165, 1.54) is 12.1 Å². The van der Waals surface area contributed by atoms with Crippen molar-refractivity contribution in [1.29, 1.82) is 0 Å². The van der Waals surface area contributed by atoms with Gasteiger partial charge in [0.15, 0.2) is 0 Å². The summed E-state index contributed by atoms with van der Waals surface area (Å²) in [6, 6.07) is 6.27. The summed E-state index contributed by atoms with van der Waals surface area (Å²) in [6.45, 7) is 5.43. The number of pyridine rings is 1. The Morgan fingerprint density at radius 2 is 1.85 bits per heavy atom. The third kappa shape index (κ3) is 3.40. The molecule has 2 aromatic carbocycles. The van der Waals surface area contributed by atoms with Crippen molar-refractivity contribution in [3.05, 3.63) is 69.5 Å². The van der Waals surface area contributed by atoms with Crippen LogP contribution in [0.4, 0.5) is 14.5 Å². The summed E-state index contributed by atoms with van der Waals surface area (Å²) in [5, 5.41) is 12.1. The Balaban J connectivity index is 2.01. The molecule has 0 bridgehead atoms. The zero-order valence-electron chi connectivity index (χ0n) is 15.0. The van der Waals surface area contributed by atoms with Crippen LogP contribution in [0.15, 0.2) is 41.3 Å². The third-order valence-electron chi connectivity index (χ3n) is 4.24. The van der Waals surface area contributed by atoms with Gasteiger partial charge in [0.05, 0.1) is 16.6 Å². The van der Waals surface area contributed by atoms with E-state index in [1.54, 1.807) is 0 Å². The van der Waals surface area contributed by atoms with Crippen LogP contribution in [0.25, 0.3) is 10.9 Å². The van der Waals surface area contributed by atoms with Crippen molar-refractivity contribution in [2.75, 3.05) is 5.32 Å². The fourth-order valence-corrected chi connectivity index (χ4v) is 2.84. The number of nitrogens with one attached hydrogen (secondary N) is 2. The molecule has 7 heteroatoms. The van der Waals surface area contributed by atoms with E-state index in [9.17, 15) is 23.5 Å². The van der Waals surface area contributed by atoms with Crippen molar-refractivity contribution in [3.63, 3.8) is 0 Å². The lowest BCUT2D eigenvalue weighted by Gasteiger charge is -2.21. The number of phenols is 1. The van der Waals surface area contributed by atoms with Gasteiger partial charge in [-0.1, -0.05) is 26.8 Å². The zero-order valence-corrected chi connectivity index (χ0v) is 15.0. The van der Waals surface area contributed by atoms with E-state index in [4.69, 9.17) is 0 Å². The molecular weight excluding hydrogens is 354 g/mol. The number of rotatable bonds is 2. The average molecular weight is 372 g/mol. The maximum absolute atomic E-state index is 14.4. The first-order valence-electron chi connectivity index (χ1n) is 8.24. The largest absolute Gasteiger partial charge is 0.508 e. The Morgan fingerprint density at radius 3 is 2.52 bits per heavy atom. The summed E-state index contributed by atoms with van der Waals surface area (Å²) in [5.41, 5.74) is -1.33. The van der Waals surface area contributed by atoms with Gasteiger partial charge in [-0.05, 0) is 23.6 Å². The van der Waals surface area contributed by atoms with Gasteiger partial charge in [0, 0.05) is 17.8 Å². The van der Waals surface area contributed by atoms with Crippen LogP contribution in [0.3, 0.4) is 0 Å². The van der Waals surface area contributed by atoms with E-state index < -0.39 is 28.4 Å². The molecule has 1 heterocycles. The molecule has 0 atom stereocenters. The van der Waals surface area contributed by atoms with E-state index in [2.05, 4.69) is 10.3 Å². The van der Waals surface area contributed by atoms with Gasteiger partial charge in [-0.2, -0.15) is 0 Å². The van der Waals surface area contributed by atoms with E-state index in [0.29, 0.717) is 5.56 Å². The van der Waals surface area contributed by atoms with Gasteiger partial charge in [-0.15, -0.1) is 0 Å². The number of carbonyl (C=O) groups excluding carboxylic acids is 1. The van der Waals surface area contributed by atoms with E-state index in [-0.39, 0.29) is 27.9 Å². The molecule has 3 N–H and O–H groups in total. The van der Waals surface area contributed by atoms with Crippen molar-refractivity contribution in [2.45, 2.75) is 26.2 Å². The van der Waals surface area contributed by atoms with Crippen LogP contribution < -0.4 is 10.7 Å². The molecule has 0 unspecified atom stereocenters. The second-order valence-electron chi connectivity index (χ2n) is 7.25. The highest BCUT2D eigenvalue weighted by atomic mass is 19.1. The minimum absolute atomic E-state index is 0.183. The number of hydrogen-bond acceptors (Lipinski definition) is 3. The lowest BCUT2D eigenvalue weighted by Crippen LogP contribution is -2.23. The van der Waals surface area contributed by atoms with Crippen molar-refractivity contribution in [3.8, 4) is 5.75 Å². The Kier molecular flexibility index (Phi) is 4.47.